The molecule has 1 N–H and O–H groups in total. The van der Waals surface area contributed by atoms with Crippen LogP contribution >= 0.6 is 11.3 Å². The first-order valence-electron chi connectivity index (χ1n) is 5.32. The maximum Gasteiger partial charge on any atom is 0.293 e. The van der Waals surface area contributed by atoms with Gasteiger partial charge in [0.05, 0.1) is 5.69 Å². The molecule has 0 aliphatic rings. The van der Waals surface area contributed by atoms with Crippen molar-refractivity contribution in [2.24, 2.45) is 7.05 Å². The molecular formula is C11H14N4OS. The predicted molar refractivity (Wildman–Crippen MR) is 67.4 cm³/mol. The third-order valence-corrected chi connectivity index (χ3v) is 3.13. The van der Waals surface area contributed by atoms with Crippen LogP contribution in [0, 0.1) is 0 Å². The molecule has 0 bridgehead atoms. The van der Waals surface area contributed by atoms with Crippen molar-refractivity contribution in [3.8, 4) is 0 Å². The van der Waals surface area contributed by atoms with Crippen molar-refractivity contribution in [1.82, 2.24) is 14.5 Å². The van der Waals surface area contributed by atoms with E-state index in [1.807, 2.05) is 5.38 Å². The maximum absolute atomic E-state index is 11.8. The second kappa shape index (κ2) is 4.67. The van der Waals surface area contributed by atoms with Crippen LogP contribution in [0.25, 0.3) is 0 Å². The van der Waals surface area contributed by atoms with Crippen molar-refractivity contribution in [2.45, 2.75) is 19.8 Å². The number of nitrogens with one attached hydrogen (secondary N) is 1. The van der Waals surface area contributed by atoms with Gasteiger partial charge in [-0.1, -0.05) is 13.8 Å². The molecule has 6 heteroatoms. The van der Waals surface area contributed by atoms with Crippen molar-refractivity contribution in [3.05, 3.63) is 29.3 Å². The van der Waals surface area contributed by atoms with Crippen molar-refractivity contribution in [2.75, 3.05) is 5.32 Å². The molecule has 0 unspecified atom stereocenters. The van der Waals surface area contributed by atoms with Crippen LogP contribution in [-0.2, 0) is 7.05 Å². The summed E-state index contributed by atoms with van der Waals surface area (Å²) in [7, 11) is 1.78. The predicted octanol–water partition coefficient (Wildman–Crippen LogP) is 2.25. The number of carbonyl (C=O) groups is 1. The molecule has 2 aromatic rings. The topological polar surface area (TPSA) is 59.8 Å². The number of thiazole rings is 1. The zero-order valence-electron chi connectivity index (χ0n) is 9.97. The lowest BCUT2D eigenvalue weighted by atomic mass is 10.2. The summed E-state index contributed by atoms with van der Waals surface area (Å²) < 4.78 is 1.67. The Kier molecular flexibility index (Phi) is 3.23. The molecule has 5 nitrogen and oxygen atoms in total. The van der Waals surface area contributed by atoms with Crippen LogP contribution in [0.1, 0.15) is 36.1 Å². The molecule has 0 fully saturated rings. The molecular weight excluding hydrogens is 236 g/mol. The zero-order chi connectivity index (χ0) is 12.4. The lowest BCUT2D eigenvalue weighted by molar-refractivity contribution is 0.101. The molecule has 2 aromatic heterocycles. The summed E-state index contributed by atoms with van der Waals surface area (Å²) in [6, 6.07) is 0. The van der Waals surface area contributed by atoms with Crippen molar-refractivity contribution >= 4 is 22.4 Å². The van der Waals surface area contributed by atoms with Gasteiger partial charge in [-0.25, -0.2) is 9.97 Å². The molecule has 0 aliphatic heterocycles. The van der Waals surface area contributed by atoms with Gasteiger partial charge in [0.2, 0.25) is 0 Å². The smallest absolute Gasteiger partial charge is 0.293 e. The number of nitrogens with zero attached hydrogens (tertiary/aromatic N) is 3. The lowest BCUT2D eigenvalue weighted by Gasteiger charge is -2.01. The number of carbonyl (C=O) groups excluding carboxylic acids is 1. The summed E-state index contributed by atoms with van der Waals surface area (Å²) in [5.74, 6) is 0.513. The second-order valence-corrected chi connectivity index (χ2v) is 4.91. The fraction of sp³-hybridized carbons (Fsp3) is 0.364. The average Bonchev–Trinajstić information content (AvgIpc) is 2.86. The number of rotatable bonds is 3. The van der Waals surface area contributed by atoms with Crippen LogP contribution in [0.3, 0.4) is 0 Å². The van der Waals surface area contributed by atoms with Gasteiger partial charge < -0.3 is 4.57 Å². The number of aryl methyl sites for hydroxylation is 1. The van der Waals surface area contributed by atoms with Gasteiger partial charge in [0.25, 0.3) is 5.91 Å². The van der Waals surface area contributed by atoms with Crippen molar-refractivity contribution < 1.29 is 4.79 Å². The minimum Gasteiger partial charge on any atom is -0.330 e. The average molecular weight is 250 g/mol. The lowest BCUT2D eigenvalue weighted by Crippen LogP contribution is -2.16. The highest BCUT2D eigenvalue weighted by Crippen LogP contribution is 2.21. The number of aromatic nitrogens is 3. The molecule has 0 saturated carbocycles. The van der Waals surface area contributed by atoms with E-state index in [-0.39, 0.29) is 5.91 Å². The first-order chi connectivity index (χ1) is 8.08. The fourth-order valence-corrected chi connectivity index (χ4v) is 2.21. The molecule has 1 amide bonds. The van der Waals surface area contributed by atoms with E-state index in [4.69, 9.17) is 0 Å². The number of hydrogen-bond donors (Lipinski definition) is 1. The van der Waals surface area contributed by atoms with Crippen LogP contribution in [0.15, 0.2) is 17.8 Å². The summed E-state index contributed by atoms with van der Waals surface area (Å²) in [6.07, 6.45) is 3.33. The van der Waals surface area contributed by atoms with Gasteiger partial charge in [0.1, 0.15) is 0 Å². The molecule has 0 aromatic carbocycles. The highest BCUT2D eigenvalue weighted by Gasteiger charge is 2.13. The first kappa shape index (κ1) is 11.8. The maximum atomic E-state index is 11.8. The largest absolute Gasteiger partial charge is 0.330 e. The Labute approximate surface area is 104 Å². The standard InChI is InChI=1S/C11H14N4OS/c1-7(2)8-6-17-11(13-8)14-10(16)9-12-4-5-15(9)3/h4-7H,1-3H3,(H,13,14,16). The SMILES string of the molecule is CC(C)c1csc(NC(=O)c2nccn2C)n1. The monoisotopic (exact) mass is 250 g/mol. The summed E-state index contributed by atoms with van der Waals surface area (Å²) in [5.41, 5.74) is 0.991. The van der Waals surface area contributed by atoms with Crippen LogP contribution < -0.4 is 5.32 Å². The Morgan fingerprint density at radius 1 is 1.53 bits per heavy atom. The fourth-order valence-electron chi connectivity index (χ4n) is 1.35. The number of anilines is 1. The Hall–Kier alpha value is -1.69. The molecule has 90 valence electrons. The molecule has 0 saturated heterocycles. The number of hydrogen-bond acceptors (Lipinski definition) is 4. The van der Waals surface area contributed by atoms with E-state index >= 15 is 0 Å². The van der Waals surface area contributed by atoms with E-state index in [9.17, 15) is 4.79 Å². The van der Waals surface area contributed by atoms with E-state index in [2.05, 4.69) is 29.1 Å². The van der Waals surface area contributed by atoms with Crippen LogP contribution in [0.2, 0.25) is 0 Å². The van der Waals surface area contributed by atoms with E-state index < -0.39 is 0 Å². The molecule has 0 radical (unpaired) electrons. The van der Waals surface area contributed by atoms with Gasteiger partial charge in [-0.05, 0) is 5.92 Å². The highest BCUT2D eigenvalue weighted by molar-refractivity contribution is 7.14. The molecule has 17 heavy (non-hydrogen) atoms. The van der Waals surface area contributed by atoms with E-state index in [0.29, 0.717) is 16.9 Å². The zero-order valence-corrected chi connectivity index (χ0v) is 10.8. The summed E-state index contributed by atoms with van der Waals surface area (Å²) in [4.78, 5) is 20.2. The second-order valence-electron chi connectivity index (χ2n) is 4.05. The van der Waals surface area contributed by atoms with E-state index in [1.54, 1.807) is 24.0 Å². The van der Waals surface area contributed by atoms with Gasteiger partial charge in [0, 0.05) is 24.8 Å². The van der Waals surface area contributed by atoms with Crippen molar-refractivity contribution in [1.29, 1.82) is 0 Å². The van der Waals surface area contributed by atoms with Gasteiger partial charge >= 0.3 is 0 Å². The third-order valence-electron chi connectivity index (χ3n) is 2.36. The van der Waals surface area contributed by atoms with E-state index in [1.165, 1.54) is 11.3 Å². The molecule has 2 rings (SSSR count). The summed E-state index contributed by atoms with van der Waals surface area (Å²) in [5, 5.41) is 5.32. The minimum absolute atomic E-state index is 0.234. The minimum atomic E-state index is -0.234. The summed E-state index contributed by atoms with van der Waals surface area (Å²) >= 11 is 1.43. The van der Waals surface area contributed by atoms with Crippen LogP contribution in [0.5, 0.6) is 0 Å². The summed E-state index contributed by atoms with van der Waals surface area (Å²) in [6.45, 7) is 4.14. The van der Waals surface area contributed by atoms with E-state index in [0.717, 1.165) is 5.69 Å². The molecule has 0 aliphatic carbocycles. The quantitative estimate of drug-likeness (QED) is 0.909. The van der Waals surface area contributed by atoms with Crippen molar-refractivity contribution in [3.63, 3.8) is 0 Å². The van der Waals surface area contributed by atoms with Gasteiger partial charge in [-0.15, -0.1) is 11.3 Å². The Bertz CT molecular complexity index is 529. The molecule has 2 heterocycles. The number of amides is 1. The third kappa shape index (κ3) is 2.52. The molecule has 0 spiro atoms. The normalized spacial score (nSPS) is 10.8. The first-order valence-corrected chi connectivity index (χ1v) is 6.20. The Morgan fingerprint density at radius 2 is 2.29 bits per heavy atom. The van der Waals surface area contributed by atoms with Gasteiger partial charge in [-0.2, -0.15) is 0 Å². The molecule has 0 atom stereocenters. The van der Waals surface area contributed by atoms with Gasteiger partial charge in [-0.3, -0.25) is 10.1 Å². The number of imidazole rings is 1. The van der Waals surface area contributed by atoms with Crippen LogP contribution in [0.4, 0.5) is 5.13 Å². The van der Waals surface area contributed by atoms with Gasteiger partial charge in [0.15, 0.2) is 11.0 Å². The van der Waals surface area contributed by atoms with Crippen LogP contribution in [-0.4, -0.2) is 20.4 Å². The Morgan fingerprint density at radius 3 is 2.82 bits per heavy atom. The highest BCUT2D eigenvalue weighted by atomic mass is 32.1. The Balaban J connectivity index is 2.11.